The van der Waals surface area contributed by atoms with Crippen molar-refractivity contribution < 1.29 is 8.42 Å². The molecule has 1 aliphatic heterocycles. The number of likely N-dealkylation sites (N-methyl/N-ethyl adjacent to an activating group) is 1. The molecule has 110 valence electrons. The monoisotopic (exact) mass is 325 g/mol. The van der Waals surface area contributed by atoms with Crippen molar-refractivity contribution in [1.29, 1.82) is 0 Å². The summed E-state index contributed by atoms with van der Waals surface area (Å²) in [6.07, 6.45) is 1.86. The van der Waals surface area contributed by atoms with Crippen LogP contribution in [0, 0.1) is 13.8 Å². The maximum Gasteiger partial charge on any atom is 0.254 e. The van der Waals surface area contributed by atoms with Crippen molar-refractivity contribution in [2.45, 2.75) is 36.9 Å². The van der Waals surface area contributed by atoms with Gasteiger partial charge in [-0.05, 0) is 33.7 Å². The van der Waals surface area contributed by atoms with E-state index in [4.69, 9.17) is 0 Å². The minimum atomic E-state index is -3.37. The predicted molar refractivity (Wildman–Crippen MR) is 79.7 cm³/mol. The van der Waals surface area contributed by atoms with Crippen molar-refractivity contribution in [3.63, 3.8) is 0 Å². The van der Waals surface area contributed by atoms with Gasteiger partial charge in [-0.1, -0.05) is 0 Å². The Bertz CT molecular complexity index is 530. The highest BCUT2D eigenvalue weighted by molar-refractivity contribution is 7.91. The zero-order valence-corrected chi connectivity index (χ0v) is 13.8. The lowest BCUT2D eigenvalue weighted by molar-refractivity contribution is 0.380. The van der Waals surface area contributed by atoms with Gasteiger partial charge >= 0.3 is 0 Å². The molecule has 1 saturated heterocycles. The average Bonchev–Trinajstić information content (AvgIpc) is 2.86. The number of hydrogen-bond acceptors (Lipinski definition) is 5. The van der Waals surface area contributed by atoms with E-state index in [0.29, 0.717) is 23.0 Å². The van der Waals surface area contributed by atoms with E-state index in [9.17, 15) is 8.42 Å². The van der Waals surface area contributed by atoms with E-state index >= 15 is 0 Å². The second-order valence-corrected chi connectivity index (χ2v) is 7.86. The lowest BCUT2D eigenvalue weighted by atomic mass is 10.2. The molecule has 1 aromatic heterocycles. The van der Waals surface area contributed by atoms with Crippen LogP contribution in [0.15, 0.2) is 4.21 Å². The maximum absolute atomic E-state index is 12.6. The predicted octanol–water partition coefficient (Wildman–Crippen LogP) is 1.55. The molecule has 0 spiro atoms. The molecule has 1 fully saturated rings. The quantitative estimate of drug-likeness (QED) is 0.912. The van der Waals surface area contributed by atoms with E-state index in [2.05, 4.69) is 10.3 Å². The molecule has 8 heteroatoms. The fourth-order valence-corrected chi connectivity index (χ4v) is 5.71. The Morgan fingerprint density at radius 1 is 1.47 bits per heavy atom. The SMILES string of the molecule is CNCC1CCCN1S(=O)(=O)c1sc(C)nc1C.Cl. The third-order valence-electron chi connectivity index (χ3n) is 3.17. The highest BCUT2D eigenvalue weighted by atomic mass is 35.5. The molecule has 1 N–H and O–H groups in total. The number of aromatic nitrogens is 1. The molecule has 0 bridgehead atoms. The van der Waals surface area contributed by atoms with Crippen LogP contribution >= 0.6 is 23.7 Å². The Balaban J connectivity index is 0.00000180. The summed E-state index contributed by atoms with van der Waals surface area (Å²) < 4.78 is 27.3. The van der Waals surface area contributed by atoms with Crippen LogP contribution in [0.2, 0.25) is 0 Å². The van der Waals surface area contributed by atoms with Crippen molar-refractivity contribution in [2.75, 3.05) is 20.1 Å². The van der Waals surface area contributed by atoms with Crippen LogP contribution < -0.4 is 5.32 Å². The smallest absolute Gasteiger partial charge is 0.254 e. The molecule has 1 aliphatic rings. The van der Waals surface area contributed by atoms with E-state index < -0.39 is 10.0 Å². The summed E-state index contributed by atoms with van der Waals surface area (Å²) in [4.78, 5) is 4.22. The number of rotatable bonds is 4. The molecular weight excluding hydrogens is 306 g/mol. The van der Waals surface area contributed by atoms with Crippen molar-refractivity contribution in [1.82, 2.24) is 14.6 Å². The summed E-state index contributed by atoms with van der Waals surface area (Å²) in [7, 11) is -1.52. The summed E-state index contributed by atoms with van der Waals surface area (Å²) in [5.74, 6) is 0. The van der Waals surface area contributed by atoms with Gasteiger partial charge in [0.15, 0.2) is 4.21 Å². The molecule has 0 amide bonds. The normalized spacial score (nSPS) is 20.5. The van der Waals surface area contributed by atoms with Crippen LogP contribution in [0.25, 0.3) is 0 Å². The number of aryl methyl sites for hydroxylation is 2. The van der Waals surface area contributed by atoms with Crippen LogP contribution in [0.3, 0.4) is 0 Å². The third kappa shape index (κ3) is 3.28. The van der Waals surface area contributed by atoms with Gasteiger partial charge in [0.1, 0.15) is 0 Å². The van der Waals surface area contributed by atoms with Gasteiger partial charge in [0.2, 0.25) is 0 Å². The van der Waals surface area contributed by atoms with Crippen molar-refractivity contribution >= 4 is 33.8 Å². The van der Waals surface area contributed by atoms with E-state index in [0.717, 1.165) is 17.8 Å². The summed E-state index contributed by atoms with van der Waals surface area (Å²) in [5, 5.41) is 3.87. The van der Waals surface area contributed by atoms with Crippen molar-refractivity contribution in [2.24, 2.45) is 0 Å². The Hall–Kier alpha value is -0.210. The lowest BCUT2D eigenvalue weighted by Gasteiger charge is -2.23. The fraction of sp³-hybridized carbons (Fsp3) is 0.727. The minimum absolute atomic E-state index is 0. The van der Waals surface area contributed by atoms with E-state index in [-0.39, 0.29) is 18.4 Å². The van der Waals surface area contributed by atoms with E-state index in [1.54, 1.807) is 11.2 Å². The van der Waals surface area contributed by atoms with Gasteiger partial charge in [-0.25, -0.2) is 13.4 Å². The molecular formula is C11H20ClN3O2S2. The molecule has 0 radical (unpaired) electrons. The molecule has 0 aliphatic carbocycles. The molecule has 1 unspecified atom stereocenters. The standard InChI is InChI=1S/C11H19N3O2S2.ClH/c1-8-11(17-9(2)13-8)18(15,16)14-6-4-5-10(14)7-12-3;/h10,12H,4-7H2,1-3H3;1H. The first kappa shape index (κ1) is 16.8. The summed E-state index contributed by atoms with van der Waals surface area (Å²) in [6.45, 7) is 4.92. The topological polar surface area (TPSA) is 62.3 Å². The summed E-state index contributed by atoms with van der Waals surface area (Å²) in [5.41, 5.74) is 0.618. The van der Waals surface area contributed by atoms with Gasteiger partial charge in [-0.15, -0.1) is 23.7 Å². The minimum Gasteiger partial charge on any atom is -0.318 e. The Kier molecular flexibility index (Phi) is 5.76. The molecule has 2 rings (SSSR count). The number of nitrogens with zero attached hydrogens (tertiary/aromatic N) is 2. The number of hydrogen-bond donors (Lipinski definition) is 1. The third-order valence-corrected chi connectivity index (χ3v) is 6.78. The van der Waals surface area contributed by atoms with Gasteiger partial charge in [0, 0.05) is 19.1 Å². The van der Waals surface area contributed by atoms with Crippen LogP contribution in [0.5, 0.6) is 0 Å². The second kappa shape index (κ2) is 6.49. The van der Waals surface area contributed by atoms with Crippen LogP contribution in [0.4, 0.5) is 0 Å². The summed E-state index contributed by atoms with van der Waals surface area (Å²) >= 11 is 1.27. The molecule has 1 aromatic rings. The lowest BCUT2D eigenvalue weighted by Crippen LogP contribution is -2.40. The molecule has 1 atom stereocenters. The number of nitrogens with one attached hydrogen (secondary N) is 1. The zero-order chi connectivity index (χ0) is 13.3. The van der Waals surface area contributed by atoms with E-state index in [1.807, 2.05) is 14.0 Å². The number of thiazole rings is 1. The molecule has 2 heterocycles. The second-order valence-electron chi connectivity index (χ2n) is 4.58. The first-order chi connectivity index (χ1) is 8.46. The van der Waals surface area contributed by atoms with Gasteiger partial charge in [0.05, 0.1) is 10.7 Å². The highest BCUT2D eigenvalue weighted by Crippen LogP contribution is 2.31. The molecule has 19 heavy (non-hydrogen) atoms. The first-order valence-corrected chi connectivity index (χ1v) is 8.33. The van der Waals surface area contributed by atoms with E-state index in [1.165, 1.54) is 11.3 Å². The maximum atomic E-state index is 12.6. The van der Waals surface area contributed by atoms with Crippen LogP contribution in [-0.2, 0) is 10.0 Å². The fourth-order valence-electron chi connectivity index (χ4n) is 2.42. The van der Waals surface area contributed by atoms with Gasteiger partial charge in [0.25, 0.3) is 10.0 Å². The molecule has 0 saturated carbocycles. The number of halogens is 1. The van der Waals surface area contributed by atoms with Gasteiger partial charge < -0.3 is 5.32 Å². The van der Waals surface area contributed by atoms with Gasteiger partial charge in [-0.2, -0.15) is 4.31 Å². The molecule has 5 nitrogen and oxygen atoms in total. The largest absolute Gasteiger partial charge is 0.318 e. The summed E-state index contributed by atoms with van der Waals surface area (Å²) in [6, 6.07) is 0.0711. The Labute approximate surface area is 124 Å². The zero-order valence-electron chi connectivity index (χ0n) is 11.3. The number of sulfonamides is 1. The average molecular weight is 326 g/mol. The first-order valence-electron chi connectivity index (χ1n) is 6.07. The van der Waals surface area contributed by atoms with Crippen LogP contribution in [0.1, 0.15) is 23.5 Å². The van der Waals surface area contributed by atoms with Crippen molar-refractivity contribution in [3.05, 3.63) is 10.7 Å². The van der Waals surface area contributed by atoms with Gasteiger partial charge in [-0.3, -0.25) is 0 Å². The van der Waals surface area contributed by atoms with Crippen LogP contribution in [-0.4, -0.2) is 43.9 Å². The Morgan fingerprint density at radius 3 is 2.68 bits per heavy atom. The van der Waals surface area contributed by atoms with Crippen molar-refractivity contribution in [3.8, 4) is 0 Å². The Morgan fingerprint density at radius 2 is 2.16 bits per heavy atom. The molecule has 0 aromatic carbocycles. The highest BCUT2D eigenvalue weighted by Gasteiger charge is 2.36.